The van der Waals surface area contributed by atoms with E-state index in [-0.39, 0.29) is 40.9 Å². The van der Waals surface area contributed by atoms with Crippen molar-refractivity contribution >= 4 is 45.4 Å². The Bertz CT molecular complexity index is 1390. The molecule has 0 radical (unpaired) electrons. The van der Waals surface area contributed by atoms with Crippen molar-refractivity contribution in [1.82, 2.24) is 9.46 Å². The van der Waals surface area contributed by atoms with E-state index < -0.39 is 21.8 Å². The lowest BCUT2D eigenvalue weighted by Crippen LogP contribution is -2.44. The fraction of sp³-hybridized carbons (Fsp3) is 0.280. The number of amides is 1. The highest BCUT2D eigenvalue weighted by Gasteiger charge is 2.37. The molecule has 7 nitrogen and oxygen atoms in total. The van der Waals surface area contributed by atoms with Crippen molar-refractivity contribution in [3.8, 4) is 0 Å². The summed E-state index contributed by atoms with van der Waals surface area (Å²) < 4.78 is 47.6. The van der Waals surface area contributed by atoms with Crippen molar-refractivity contribution < 1.29 is 22.1 Å². The molecular formula is C25H25ClFN3O4S. The average molecular weight is 518 g/mol. The summed E-state index contributed by atoms with van der Waals surface area (Å²) in [5.41, 5.74) is 1.93. The molecule has 1 aliphatic rings. The van der Waals surface area contributed by atoms with E-state index in [4.69, 9.17) is 16.1 Å². The van der Waals surface area contributed by atoms with Crippen LogP contribution in [0.15, 0.2) is 51.9 Å². The summed E-state index contributed by atoms with van der Waals surface area (Å²) in [5, 5.41) is 7.19. The molecule has 0 saturated carbocycles. The zero-order valence-electron chi connectivity index (χ0n) is 19.3. The molecular weight excluding hydrogens is 493 g/mol. The number of aromatic nitrogens is 1. The van der Waals surface area contributed by atoms with E-state index in [2.05, 4.69) is 10.5 Å². The number of carbonyl (C=O) groups is 1. The Morgan fingerprint density at radius 2 is 2.00 bits per heavy atom. The molecule has 1 atom stereocenters. The summed E-state index contributed by atoms with van der Waals surface area (Å²) >= 11 is 6.05. The molecule has 1 saturated heterocycles. The Kier molecular flexibility index (Phi) is 7.39. The Hall–Kier alpha value is -3.01. The molecule has 0 aliphatic carbocycles. The standard InChI is InChI=1S/C25H25ClFN3O4S/c1-16-9-11-20(26)14-22(16)28-25(31)19-7-5-13-30(15-19)35(32,33)24-17(2)29-34-23(24)12-10-18-6-3-4-8-21(18)27/h3-4,6,8-12,14,19H,5,7,13,15H2,1-2H3,(H,28,31)/b12-10+/t19-/m1/s1. The number of aryl methyl sites for hydroxylation is 2. The SMILES string of the molecule is Cc1ccc(Cl)cc1NC(=O)[C@@H]1CCCN(S(=O)(=O)c2c(C)noc2/C=C/c2ccccc2F)C1. The summed E-state index contributed by atoms with van der Waals surface area (Å²) in [6, 6.07) is 11.3. The number of carbonyl (C=O) groups excluding carboxylic acids is 1. The minimum atomic E-state index is -4.02. The second kappa shape index (κ2) is 10.3. The lowest BCUT2D eigenvalue weighted by Gasteiger charge is -2.31. The average Bonchev–Trinajstić information content (AvgIpc) is 3.22. The third-order valence-corrected chi connectivity index (χ3v) is 8.22. The van der Waals surface area contributed by atoms with E-state index in [0.717, 1.165) is 5.56 Å². The second-order valence-corrected chi connectivity index (χ2v) is 10.8. The highest BCUT2D eigenvalue weighted by molar-refractivity contribution is 7.89. The molecule has 0 bridgehead atoms. The van der Waals surface area contributed by atoms with Gasteiger partial charge in [-0.3, -0.25) is 4.79 Å². The van der Waals surface area contributed by atoms with Gasteiger partial charge in [0.15, 0.2) is 10.7 Å². The zero-order valence-corrected chi connectivity index (χ0v) is 20.9. The Labute approximate surface area is 208 Å². The third-order valence-electron chi connectivity index (χ3n) is 5.96. The van der Waals surface area contributed by atoms with Crippen LogP contribution in [-0.4, -0.2) is 36.9 Å². The first-order chi connectivity index (χ1) is 16.7. The van der Waals surface area contributed by atoms with Crippen molar-refractivity contribution in [2.45, 2.75) is 31.6 Å². The molecule has 2 heterocycles. The van der Waals surface area contributed by atoms with Gasteiger partial charge >= 0.3 is 0 Å². The quantitative estimate of drug-likeness (QED) is 0.479. The van der Waals surface area contributed by atoms with Crippen LogP contribution in [0.2, 0.25) is 5.02 Å². The predicted molar refractivity (Wildman–Crippen MR) is 133 cm³/mol. The number of sulfonamides is 1. The van der Waals surface area contributed by atoms with E-state index >= 15 is 0 Å². The Morgan fingerprint density at radius 1 is 1.23 bits per heavy atom. The number of halogens is 2. The monoisotopic (exact) mass is 517 g/mol. The van der Waals surface area contributed by atoms with E-state index in [1.165, 1.54) is 29.4 Å². The lowest BCUT2D eigenvalue weighted by atomic mass is 9.98. The highest BCUT2D eigenvalue weighted by atomic mass is 35.5. The molecule has 35 heavy (non-hydrogen) atoms. The number of benzene rings is 2. The molecule has 10 heteroatoms. The van der Waals surface area contributed by atoms with Crippen LogP contribution in [0.25, 0.3) is 12.2 Å². The van der Waals surface area contributed by atoms with Crippen LogP contribution in [0, 0.1) is 25.6 Å². The predicted octanol–water partition coefficient (Wildman–Crippen LogP) is 5.29. The van der Waals surface area contributed by atoms with Crippen molar-refractivity contribution in [2.24, 2.45) is 5.92 Å². The third kappa shape index (κ3) is 5.47. The molecule has 1 fully saturated rings. The van der Waals surface area contributed by atoms with E-state index in [1.807, 2.05) is 6.92 Å². The van der Waals surface area contributed by atoms with Gasteiger partial charge in [-0.1, -0.05) is 41.0 Å². The smallest absolute Gasteiger partial charge is 0.248 e. The van der Waals surface area contributed by atoms with Gasteiger partial charge in [-0.2, -0.15) is 4.31 Å². The molecule has 3 aromatic rings. The molecule has 1 N–H and O–H groups in total. The van der Waals surface area contributed by atoms with Crippen LogP contribution in [0.3, 0.4) is 0 Å². The molecule has 1 aliphatic heterocycles. The van der Waals surface area contributed by atoms with Gasteiger partial charge in [0.1, 0.15) is 11.5 Å². The molecule has 1 aromatic heterocycles. The summed E-state index contributed by atoms with van der Waals surface area (Å²) in [6.45, 7) is 3.68. The number of piperidine rings is 1. The highest BCUT2D eigenvalue weighted by Crippen LogP contribution is 2.30. The van der Waals surface area contributed by atoms with Gasteiger partial charge in [-0.15, -0.1) is 0 Å². The molecule has 0 spiro atoms. The largest absolute Gasteiger partial charge is 0.355 e. The van der Waals surface area contributed by atoms with Gasteiger partial charge in [-0.05, 0) is 62.6 Å². The van der Waals surface area contributed by atoms with Crippen LogP contribution in [0.5, 0.6) is 0 Å². The van der Waals surface area contributed by atoms with Gasteiger partial charge in [-0.25, -0.2) is 12.8 Å². The molecule has 0 unspecified atom stereocenters. The molecule has 4 rings (SSSR count). The Morgan fingerprint density at radius 3 is 2.77 bits per heavy atom. The fourth-order valence-corrected chi connectivity index (χ4v) is 5.99. The first kappa shape index (κ1) is 25.1. The van der Waals surface area contributed by atoms with Crippen LogP contribution in [-0.2, 0) is 14.8 Å². The summed E-state index contributed by atoms with van der Waals surface area (Å²) in [4.78, 5) is 12.9. The van der Waals surface area contributed by atoms with Gasteiger partial charge in [0.25, 0.3) is 0 Å². The maximum atomic E-state index is 14.0. The minimum absolute atomic E-state index is 0.00637. The topological polar surface area (TPSA) is 92.5 Å². The number of anilines is 1. The van der Waals surface area contributed by atoms with Gasteiger partial charge in [0.05, 0.1) is 5.92 Å². The summed E-state index contributed by atoms with van der Waals surface area (Å²) in [6.07, 6.45) is 3.91. The minimum Gasteiger partial charge on any atom is -0.355 e. The molecule has 184 valence electrons. The normalized spacial score (nSPS) is 17.1. The van der Waals surface area contributed by atoms with Crippen molar-refractivity contribution in [1.29, 1.82) is 0 Å². The number of hydrogen-bond donors (Lipinski definition) is 1. The lowest BCUT2D eigenvalue weighted by molar-refractivity contribution is -0.120. The van der Waals surface area contributed by atoms with E-state index in [0.29, 0.717) is 23.6 Å². The van der Waals surface area contributed by atoms with Crippen molar-refractivity contribution in [3.05, 3.63) is 75.9 Å². The van der Waals surface area contributed by atoms with Crippen LogP contribution in [0.4, 0.5) is 10.1 Å². The van der Waals surface area contributed by atoms with Gasteiger partial charge in [0.2, 0.25) is 15.9 Å². The van der Waals surface area contributed by atoms with Crippen molar-refractivity contribution in [3.63, 3.8) is 0 Å². The number of nitrogens with one attached hydrogen (secondary N) is 1. The molecule has 1 amide bonds. The van der Waals surface area contributed by atoms with Crippen LogP contribution in [0.1, 0.15) is 35.4 Å². The summed E-state index contributed by atoms with van der Waals surface area (Å²) in [7, 11) is -4.02. The van der Waals surface area contributed by atoms with Gasteiger partial charge in [0, 0.05) is 29.4 Å². The maximum Gasteiger partial charge on any atom is 0.248 e. The fourth-order valence-electron chi connectivity index (χ4n) is 4.04. The zero-order chi connectivity index (χ0) is 25.2. The number of rotatable bonds is 6. The maximum absolute atomic E-state index is 14.0. The first-order valence-corrected chi connectivity index (χ1v) is 12.9. The van der Waals surface area contributed by atoms with Gasteiger partial charge < -0.3 is 9.84 Å². The Balaban J connectivity index is 1.55. The number of hydrogen-bond acceptors (Lipinski definition) is 5. The van der Waals surface area contributed by atoms with E-state index in [1.54, 1.807) is 36.4 Å². The summed E-state index contributed by atoms with van der Waals surface area (Å²) in [5.74, 6) is -1.23. The van der Waals surface area contributed by atoms with E-state index in [9.17, 15) is 17.6 Å². The number of nitrogens with zero attached hydrogens (tertiary/aromatic N) is 2. The second-order valence-electron chi connectivity index (χ2n) is 8.47. The van der Waals surface area contributed by atoms with Crippen LogP contribution >= 0.6 is 11.6 Å². The molecule has 2 aromatic carbocycles. The van der Waals surface area contributed by atoms with Crippen LogP contribution < -0.4 is 5.32 Å². The van der Waals surface area contributed by atoms with Crippen molar-refractivity contribution in [2.75, 3.05) is 18.4 Å². The first-order valence-electron chi connectivity index (χ1n) is 11.1.